The fourth-order valence-corrected chi connectivity index (χ4v) is 0.292. The Kier molecular flexibility index (Phi) is 29.5. The molecule has 9 heteroatoms. The normalized spacial score (nSPS) is 9.16. The maximum absolute atomic E-state index is 9.00. The van der Waals surface area contributed by atoms with Gasteiger partial charge in [-0.15, -0.1) is 0 Å². The van der Waals surface area contributed by atoms with E-state index >= 15 is 0 Å². The van der Waals surface area contributed by atoms with Crippen molar-refractivity contribution >= 4 is 17.9 Å². The quantitative estimate of drug-likeness (QED) is 0.361. The summed E-state index contributed by atoms with van der Waals surface area (Å²) < 4.78 is 0. The van der Waals surface area contributed by atoms with Gasteiger partial charge in [0.1, 0.15) is 6.23 Å². The lowest BCUT2D eigenvalue weighted by Crippen LogP contribution is -2.30. The third-order valence-corrected chi connectivity index (χ3v) is 0.584. The van der Waals surface area contributed by atoms with Gasteiger partial charge in [-0.05, 0) is 6.92 Å². The molecule has 0 aliphatic heterocycles. The molecule has 9 nitrogen and oxygen atoms in total. The Morgan fingerprint density at radius 1 is 1.00 bits per heavy atom. The van der Waals surface area contributed by atoms with Crippen LogP contribution < -0.4 is 11.1 Å². The molecule has 0 aromatic carbocycles. The summed E-state index contributed by atoms with van der Waals surface area (Å²) in [7, 11) is 0. The number of aliphatic carboxylic acids is 3. The minimum Gasteiger partial charge on any atom is -0.481 e. The SMILES string of the molecule is CC(=O)O.CC(=O)O.CC(=O)O.CC(O)NCCN. The molecule has 0 radical (unpaired) electrons. The fraction of sp³-hybridized carbons (Fsp3) is 0.700. The summed E-state index contributed by atoms with van der Waals surface area (Å²) in [6.07, 6.45) is -0.427. The largest absolute Gasteiger partial charge is 0.481 e. The molecule has 0 saturated carbocycles. The summed E-state index contributed by atoms with van der Waals surface area (Å²) in [5.41, 5.74) is 5.10. The van der Waals surface area contributed by atoms with Crippen LogP contribution in [-0.4, -0.2) is 57.7 Å². The van der Waals surface area contributed by atoms with Gasteiger partial charge in [-0.2, -0.15) is 0 Å². The smallest absolute Gasteiger partial charge is 0.300 e. The van der Waals surface area contributed by atoms with Crippen molar-refractivity contribution in [3.8, 4) is 0 Å². The number of carbonyl (C=O) groups is 3. The zero-order valence-corrected chi connectivity index (χ0v) is 11.6. The van der Waals surface area contributed by atoms with Crippen LogP contribution in [0.15, 0.2) is 0 Å². The van der Waals surface area contributed by atoms with Gasteiger partial charge >= 0.3 is 0 Å². The Morgan fingerprint density at radius 2 is 1.21 bits per heavy atom. The van der Waals surface area contributed by atoms with Gasteiger partial charge in [-0.1, -0.05) is 0 Å². The van der Waals surface area contributed by atoms with Gasteiger partial charge in [0.15, 0.2) is 0 Å². The van der Waals surface area contributed by atoms with E-state index in [1.54, 1.807) is 6.92 Å². The first-order chi connectivity index (χ1) is 8.47. The molecule has 116 valence electrons. The third-order valence-electron chi connectivity index (χ3n) is 0.584. The van der Waals surface area contributed by atoms with Crippen molar-refractivity contribution in [3.63, 3.8) is 0 Å². The van der Waals surface area contributed by atoms with E-state index in [4.69, 9.17) is 40.5 Å². The Balaban J connectivity index is -0.0000000825. The van der Waals surface area contributed by atoms with Crippen LogP contribution in [0.5, 0.6) is 0 Å². The molecular weight excluding hydrogens is 260 g/mol. The lowest BCUT2D eigenvalue weighted by Gasteiger charge is -2.02. The van der Waals surface area contributed by atoms with Crippen molar-refractivity contribution in [2.75, 3.05) is 13.1 Å². The van der Waals surface area contributed by atoms with Gasteiger partial charge in [0, 0.05) is 33.9 Å². The maximum atomic E-state index is 9.00. The number of nitrogens with two attached hydrogens (primary N) is 1. The summed E-state index contributed by atoms with van der Waals surface area (Å²) >= 11 is 0. The lowest BCUT2D eigenvalue weighted by atomic mass is 10.6. The number of aliphatic hydroxyl groups excluding tert-OH is 1. The summed E-state index contributed by atoms with van der Waals surface area (Å²) in [6, 6.07) is 0. The van der Waals surface area contributed by atoms with Gasteiger partial charge in [-0.25, -0.2) is 0 Å². The summed E-state index contributed by atoms with van der Waals surface area (Å²) in [6.45, 7) is 6.16. The summed E-state index contributed by atoms with van der Waals surface area (Å²) in [5, 5.41) is 33.5. The van der Waals surface area contributed by atoms with Crippen LogP contribution in [0.4, 0.5) is 0 Å². The van der Waals surface area contributed by atoms with Crippen LogP contribution in [0, 0.1) is 0 Å². The standard InChI is InChI=1S/C4H12N2O.3C2H4O2/c1-4(7)6-3-2-5;3*1-2(3)4/h4,6-7H,2-3,5H2,1H3;3*1H3,(H,3,4). The second kappa shape index (κ2) is 21.6. The van der Waals surface area contributed by atoms with Crippen LogP contribution in [0.25, 0.3) is 0 Å². The zero-order valence-electron chi connectivity index (χ0n) is 11.6. The molecule has 0 heterocycles. The van der Waals surface area contributed by atoms with Gasteiger partial charge in [0.05, 0.1) is 0 Å². The number of hydrogen-bond donors (Lipinski definition) is 6. The summed E-state index contributed by atoms with van der Waals surface area (Å²) in [4.78, 5) is 27.0. The van der Waals surface area contributed by atoms with E-state index in [0.29, 0.717) is 13.1 Å². The van der Waals surface area contributed by atoms with Crippen molar-refractivity contribution in [1.29, 1.82) is 0 Å². The van der Waals surface area contributed by atoms with E-state index in [9.17, 15) is 0 Å². The van der Waals surface area contributed by atoms with Gasteiger partial charge < -0.3 is 26.2 Å². The number of nitrogens with one attached hydrogen (secondary N) is 1. The number of aliphatic hydroxyl groups is 1. The Hall–Kier alpha value is -1.71. The van der Waals surface area contributed by atoms with Gasteiger partial charge in [0.2, 0.25) is 0 Å². The second-order valence-corrected chi connectivity index (χ2v) is 2.98. The van der Waals surface area contributed by atoms with Crippen molar-refractivity contribution in [2.45, 2.75) is 33.9 Å². The Bertz CT molecular complexity index is 191. The van der Waals surface area contributed by atoms with E-state index in [-0.39, 0.29) is 0 Å². The molecule has 0 aromatic heterocycles. The number of rotatable bonds is 3. The van der Waals surface area contributed by atoms with Gasteiger partial charge in [0.25, 0.3) is 17.9 Å². The van der Waals surface area contributed by atoms with Crippen LogP contribution in [0.2, 0.25) is 0 Å². The average molecular weight is 284 g/mol. The molecule has 19 heavy (non-hydrogen) atoms. The number of carboxylic acids is 3. The predicted octanol–water partition coefficient (Wildman–Crippen LogP) is -0.854. The first-order valence-electron chi connectivity index (χ1n) is 5.17. The minimum atomic E-state index is -0.833. The molecular formula is C10H24N2O7. The van der Waals surface area contributed by atoms with Gasteiger partial charge in [-0.3, -0.25) is 19.7 Å². The highest BCUT2D eigenvalue weighted by molar-refractivity contribution is 5.63. The van der Waals surface area contributed by atoms with E-state index in [1.165, 1.54) is 0 Å². The molecule has 0 saturated heterocycles. The average Bonchev–Trinajstić information content (AvgIpc) is 2.11. The topological polar surface area (TPSA) is 170 Å². The highest BCUT2D eigenvalue weighted by atomic mass is 16.4. The second-order valence-electron chi connectivity index (χ2n) is 2.98. The van der Waals surface area contributed by atoms with Crippen LogP contribution in [0.1, 0.15) is 27.7 Å². The van der Waals surface area contributed by atoms with Crippen molar-refractivity contribution in [2.24, 2.45) is 5.73 Å². The van der Waals surface area contributed by atoms with E-state index in [1.807, 2.05) is 0 Å². The molecule has 0 aliphatic carbocycles. The fourth-order valence-electron chi connectivity index (χ4n) is 0.292. The van der Waals surface area contributed by atoms with E-state index in [2.05, 4.69) is 5.32 Å². The number of hydrogen-bond acceptors (Lipinski definition) is 6. The monoisotopic (exact) mass is 284 g/mol. The Morgan fingerprint density at radius 3 is 1.26 bits per heavy atom. The maximum Gasteiger partial charge on any atom is 0.300 e. The number of carboxylic acid groups (broad SMARTS) is 3. The van der Waals surface area contributed by atoms with Crippen molar-refractivity contribution in [1.82, 2.24) is 5.32 Å². The third kappa shape index (κ3) is 634. The Labute approximate surface area is 112 Å². The van der Waals surface area contributed by atoms with Crippen molar-refractivity contribution < 1.29 is 34.8 Å². The highest BCUT2D eigenvalue weighted by Crippen LogP contribution is 1.65. The highest BCUT2D eigenvalue weighted by Gasteiger charge is 1.87. The molecule has 1 atom stereocenters. The molecule has 0 fully saturated rings. The zero-order chi connectivity index (χ0) is 16.4. The molecule has 0 spiro atoms. The summed E-state index contributed by atoms with van der Waals surface area (Å²) in [5.74, 6) is -2.50. The van der Waals surface area contributed by atoms with Crippen LogP contribution >= 0.6 is 0 Å². The minimum absolute atomic E-state index is 0.427. The molecule has 7 N–H and O–H groups in total. The van der Waals surface area contributed by atoms with E-state index < -0.39 is 24.1 Å². The molecule has 0 rings (SSSR count). The lowest BCUT2D eigenvalue weighted by molar-refractivity contribution is -0.135. The molecule has 0 aliphatic rings. The molecule has 0 aromatic rings. The molecule has 0 amide bonds. The van der Waals surface area contributed by atoms with Crippen LogP contribution in [0.3, 0.4) is 0 Å². The van der Waals surface area contributed by atoms with Crippen LogP contribution in [-0.2, 0) is 14.4 Å². The molecule has 1 unspecified atom stereocenters. The van der Waals surface area contributed by atoms with E-state index in [0.717, 1.165) is 20.8 Å². The molecule has 0 bridgehead atoms. The first-order valence-corrected chi connectivity index (χ1v) is 5.17. The van der Waals surface area contributed by atoms with Crippen molar-refractivity contribution in [3.05, 3.63) is 0 Å². The predicted molar refractivity (Wildman–Crippen MR) is 68.7 cm³/mol. The first kappa shape index (κ1) is 26.0.